The van der Waals surface area contributed by atoms with Crippen molar-refractivity contribution in [3.63, 3.8) is 0 Å². The molecule has 244 valence electrons. The number of nitrogens with zero attached hydrogens (tertiary/aromatic N) is 3. The summed E-state index contributed by atoms with van der Waals surface area (Å²) in [5.41, 5.74) is 10.1. The van der Waals surface area contributed by atoms with E-state index in [2.05, 4.69) is 36.5 Å². The smallest absolute Gasteiger partial charge is 0.234 e. The molecule has 0 aromatic heterocycles. The molecular formula is C30H54F2N9O2+. The Balaban J connectivity index is 1.08. The fraction of sp³-hybridized carbons (Fsp3) is 0.933. The standard InChI is InChI=1S/C30H53F2N9O2/c31-21-16-36-28-25(27(33)38-41(28,19-21)22-6-3-1-2-4-7-22)30(43)37-24-18-34-17-23(32)26(24)40-13-8-20(9-14-40)29(42)35-10-15-39-11-5-12-39/h20-28,34,36,38H,1-19,33H2,(H-,35,37,42,43)/p+1. The van der Waals surface area contributed by atoms with E-state index >= 15 is 4.39 Å². The molecule has 8 atom stereocenters. The topological polar surface area (TPSA) is 127 Å². The molecule has 0 radical (unpaired) electrons. The summed E-state index contributed by atoms with van der Waals surface area (Å²) in [6.07, 6.45) is 6.06. The van der Waals surface area contributed by atoms with Gasteiger partial charge < -0.3 is 26.6 Å². The van der Waals surface area contributed by atoms with Gasteiger partial charge in [0.1, 0.15) is 30.8 Å². The van der Waals surface area contributed by atoms with Crippen LogP contribution in [0.5, 0.6) is 0 Å². The van der Waals surface area contributed by atoms with Crippen LogP contribution in [-0.4, -0.2) is 134 Å². The molecule has 0 spiro atoms. The first-order valence-corrected chi connectivity index (χ1v) is 17.0. The Hall–Kier alpha value is -1.48. The van der Waals surface area contributed by atoms with Crippen molar-refractivity contribution >= 4 is 11.8 Å². The average molecular weight is 611 g/mol. The lowest BCUT2D eigenvalue weighted by atomic mass is 9.90. The number of hydrogen-bond acceptors (Lipinski definition) is 8. The molecule has 6 aliphatic rings. The summed E-state index contributed by atoms with van der Waals surface area (Å²) in [5.74, 6) is -0.761. The normalized spacial score (nSPS) is 40.3. The zero-order valence-corrected chi connectivity index (χ0v) is 25.6. The van der Waals surface area contributed by atoms with Gasteiger partial charge in [-0.15, -0.1) is 5.43 Å². The summed E-state index contributed by atoms with van der Waals surface area (Å²) in [6, 6.07) is -0.693. The van der Waals surface area contributed by atoms with Gasteiger partial charge in [0.05, 0.1) is 12.1 Å². The van der Waals surface area contributed by atoms with Gasteiger partial charge in [0, 0.05) is 51.5 Å². The van der Waals surface area contributed by atoms with Gasteiger partial charge in [0.25, 0.3) is 0 Å². The molecule has 6 rings (SSSR count). The number of hydrogen-bond donors (Lipinski definition) is 6. The van der Waals surface area contributed by atoms with Crippen LogP contribution in [0.3, 0.4) is 0 Å². The van der Waals surface area contributed by atoms with Crippen LogP contribution in [0, 0.1) is 11.8 Å². The lowest BCUT2D eigenvalue weighted by Crippen LogP contribution is -2.75. The maximum atomic E-state index is 15.5. The highest BCUT2D eigenvalue weighted by atomic mass is 19.1. The van der Waals surface area contributed by atoms with Crippen molar-refractivity contribution in [2.45, 2.75) is 101 Å². The predicted molar refractivity (Wildman–Crippen MR) is 160 cm³/mol. The van der Waals surface area contributed by atoms with Gasteiger partial charge in [-0.3, -0.25) is 19.8 Å². The van der Waals surface area contributed by atoms with Crippen molar-refractivity contribution in [2.24, 2.45) is 17.6 Å². The number of likely N-dealkylation sites (tertiary alicyclic amines) is 2. The summed E-state index contributed by atoms with van der Waals surface area (Å²) in [7, 11) is 0. The van der Waals surface area contributed by atoms with Crippen LogP contribution in [0.25, 0.3) is 0 Å². The third kappa shape index (κ3) is 6.73. The molecule has 1 saturated carbocycles. The number of fused-ring (bicyclic) bond motifs is 1. The zero-order valence-electron chi connectivity index (χ0n) is 25.6. The molecule has 5 aliphatic heterocycles. The number of nitrogens with one attached hydrogen (secondary N) is 5. The number of amides is 2. The molecule has 0 bridgehead atoms. The molecular weight excluding hydrogens is 556 g/mol. The highest BCUT2D eigenvalue weighted by Gasteiger charge is 2.62. The molecule has 43 heavy (non-hydrogen) atoms. The van der Waals surface area contributed by atoms with Crippen LogP contribution in [0.4, 0.5) is 8.78 Å². The Bertz CT molecular complexity index is 960. The second kappa shape index (κ2) is 13.9. The van der Waals surface area contributed by atoms with Gasteiger partial charge in [-0.1, -0.05) is 12.8 Å². The highest BCUT2D eigenvalue weighted by molar-refractivity contribution is 5.80. The first kappa shape index (κ1) is 31.5. The molecule has 1 aliphatic carbocycles. The summed E-state index contributed by atoms with van der Waals surface area (Å²) in [6.45, 7) is 6.27. The Morgan fingerprint density at radius 1 is 0.907 bits per heavy atom. The van der Waals surface area contributed by atoms with Crippen LogP contribution < -0.4 is 32.4 Å². The lowest BCUT2D eigenvalue weighted by molar-refractivity contribution is -1.01. The Kier molecular flexibility index (Phi) is 10.2. The molecule has 13 heteroatoms. The molecule has 2 amide bonds. The largest absolute Gasteiger partial charge is 0.355 e. The molecule has 0 aromatic carbocycles. The monoisotopic (exact) mass is 610 g/mol. The van der Waals surface area contributed by atoms with Crippen LogP contribution in [0.15, 0.2) is 0 Å². The maximum Gasteiger partial charge on any atom is 0.234 e. The van der Waals surface area contributed by atoms with Crippen molar-refractivity contribution in [1.29, 1.82) is 0 Å². The minimum Gasteiger partial charge on any atom is -0.355 e. The van der Waals surface area contributed by atoms with E-state index < -0.39 is 36.5 Å². The summed E-state index contributed by atoms with van der Waals surface area (Å²) in [4.78, 5) is 31.2. The number of halogens is 2. The number of piperidine rings is 2. The molecule has 11 nitrogen and oxygen atoms in total. The van der Waals surface area contributed by atoms with Gasteiger partial charge in [-0.05, 0) is 58.3 Å². The van der Waals surface area contributed by atoms with E-state index in [1.807, 2.05) is 0 Å². The molecule has 8 unspecified atom stereocenters. The average Bonchev–Trinajstić information content (AvgIpc) is 3.10. The fourth-order valence-electron chi connectivity index (χ4n) is 8.84. The van der Waals surface area contributed by atoms with Crippen molar-refractivity contribution < 1.29 is 23.0 Å². The van der Waals surface area contributed by atoms with Crippen molar-refractivity contribution in [3.05, 3.63) is 0 Å². The number of nitrogens with two attached hydrogens (primary N) is 1. The second-order valence-electron chi connectivity index (χ2n) is 14.0. The van der Waals surface area contributed by atoms with Gasteiger partial charge >= 0.3 is 0 Å². The fourth-order valence-corrected chi connectivity index (χ4v) is 8.84. The quantitative estimate of drug-likeness (QED) is 0.161. The Labute approximate surface area is 254 Å². The van der Waals surface area contributed by atoms with Crippen molar-refractivity contribution in [2.75, 3.05) is 65.4 Å². The molecule has 5 saturated heterocycles. The predicted octanol–water partition coefficient (Wildman–Crippen LogP) is -0.459. The van der Waals surface area contributed by atoms with E-state index in [0.29, 0.717) is 50.2 Å². The minimum absolute atomic E-state index is 0.0606. The molecule has 6 fully saturated rings. The van der Waals surface area contributed by atoms with Crippen LogP contribution >= 0.6 is 0 Å². The minimum atomic E-state index is -1.14. The van der Waals surface area contributed by atoms with Gasteiger partial charge in [-0.25, -0.2) is 13.4 Å². The number of carbonyl (C=O) groups excluding carboxylic acids is 2. The Morgan fingerprint density at radius 3 is 2.35 bits per heavy atom. The summed E-state index contributed by atoms with van der Waals surface area (Å²) >= 11 is 0. The first-order valence-electron chi connectivity index (χ1n) is 17.0. The van der Waals surface area contributed by atoms with Gasteiger partial charge in [0.2, 0.25) is 11.8 Å². The SMILES string of the molecule is NC1N[N+]2(C3CCCCCC3)CC(F)CNC2C1C(=O)NC1CNCC(F)C1N1CCC(C(=O)NCCN2CCC2)CC1. The number of carbonyl (C=O) groups is 2. The van der Waals surface area contributed by atoms with Crippen LogP contribution in [0.2, 0.25) is 0 Å². The van der Waals surface area contributed by atoms with E-state index in [9.17, 15) is 14.0 Å². The zero-order chi connectivity index (χ0) is 30.0. The van der Waals surface area contributed by atoms with Gasteiger partial charge in [0.15, 0.2) is 12.3 Å². The second-order valence-corrected chi connectivity index (χ2v) is 14.0. The maximum absolute atomic E-state index is 15.5. The van der Waals surface area contributed by atoms with E-state index in [1.165, 1.54) is 19.3 Å². The third-order valence-electron chi connectivity index (χ3n) is 11.3. The lowest BCUT2D eigenvalue weighted by Gasteiger charge is -2.49. The summed E-state index contributed by atoms with van der Waals surface area (Å²) in [5, 5.41) is 12.8. The van der Waals surface area contributed by atoms with Crippen LogP contribution in [0.1, 0.15) is 57.8 Å². The first-order chi connectivity index (χ1) is 20.9. The van der Waals surface area contributed by atoms with Crippen LogP contribution in [-0.2, 0) is 9.59 Å². The number of quaternary nitrogens is 1. The van der Waals surface area contributed by atoms with E-state index in [0.717, 1.165) is 45.3 Å². The van der Waals surface area contributed by atoms with E-state index in [-0.39, 0.29) is 43.0 Å². The van der Waals surface area contributed by atoms with Crippen molar-refractivity contribution in [1.82, 2.24) is 36.5 Å². The molecule has 0 aromatic rings. The number of alkyl halides is 2. The Morgan fingerprint density at radius 2 is 1.65 bits per heavy atom. The van der Waals surface area contributed by atoms with E-state index in [4.69, 9.17) is 5.73 Å². The third-order valence-corrected chi connectivity index (χ3v) is 11.3. The molecule has 7 N–H and O–H groups in total. The summed E-state index contributed by atoms with van der Waals surface area (Å²) < 4.78 is 30.8. The van der Waals surface area contributed by atoms with Crippen molar-refractivity contribution in [3.8, 4) is 0 Å². The molecule has 5 heterocycles. The number of rotatable bonds is 8. The highest BCUT2D eigenvalue weighted by Crippen LogP contribution is 2.38. The van der Waals surface area contributed by atoms with Gasteiger partial charge in [-0.2, -0.15) is 0 Å². The van der Waals surface area contributed by atoms with E-state index in [1.54, 1.807) is 0 Å².